The minimum atomic E-state index is -0.523. The minimum Gasteiger partial charge on any atom is -0.493 e. The number of imide groups is 1. The normalized spacial score (nSPS) is 12.7. The number of ether oxygens (including phenoxy) is 3. The third kappa shape index (κ3) is 6.01. The maximum Gasteiger partial charge on any atom is 0.330 e. The van der Waals surface area contributed by atoms with Crippen LogP contribution in [0.15, 0.2) is 77.3 Å². The highest BCUT2D eigenvalue weighted by molar-refractivity contribution is 9.10. The van der Waals surface area contributed by atoms with E-state index in [-0.39, 0.29) is 25.0 Å². The number of fused-ring (bicyclic) bond motifs is 1. The third-order valence-electron chi connectivity index (χ3n) is 5.54. The fourth-order valence-corrected chi connectivity index (χ4v) is 4.08. The van der Waals surface area contributed by atoms with Crippen LogP contribution in [0.3, 0.4) is 0 Å². The monoisotopic (exact) mass is 549 g/mol. The van der Waals surface area contributed by atoms with Crippen molar-refractivity contribution in [2.24, 2.45) is 0 Å². The van der Waals surface area contributed by atoms with Gasteiger partial charge < -0.3 is 14.2 Å². The summed E-state index contributed by atoms with van der Waals surface area (Å²) in [7, 11) is 1.56. The quantitative estimate of drug-likeness (QED) is 0.148. The summed E-state index contributed by atoms with van der Waals surface area (Å²) in [6, 6.07) is 20.2. The number of esters is 1. The molecular formula is C28H24BrNO6. The summed E-state index contributed by atoms with van der Waals surface area (Å²) >= 11 is 3.31. The van der Waals surface area contributed by atoms with E-state index in [1.807, 2.05) is 36.4 Å². The largest absolute Gasteiger partial charge is 0.493 e. The maximum absolute atomic E-state index is 12.5. The molecule has 0 saturated heterocycles. The second kappa shape index (κ2) is 11.7. The SMILES string of the molecule is COc1cc(/C=C/C(=O)OCCCN2C(=O)c3ccc(Br)cc3C2=O)ccc1OCc1ccccc1. The van der Waals surface area contributed by atoms with Crippen molar-refractivity contribution in [3.8, 4) is 11.5 Å². The minimum absolute atomic E-state index is 0.0792. The Morgan fingerprint density at radius 1 is 0.944 bits per heavy atom. The molecule has 3 aromatic rings. The lowest BCUT2D eigenvalue weighted by atomic mass is 10.1. The van der Waals surface area contributed by atoms with Crippen LogP contribution in [-0.2, 0) is 16.1 Å². The average Bonchev–Trinajstić information content (AvgIpc) is 3.13. The molecule has 0 radical (unpaired) electrons. The van der Waals surface area contributed by atoms with Gasteiger partial charge in [0.25, 0.3) is 11.8 Å². The first-order valence-electron chi connectivity index (χ1n) is 11.3. The van der Waals surface area contributed by atoms with E-state index in [2.05, 4.69) is 15.9 Å². The fraction of sp³-hybridized carbons (Fsp3) is 0.179. The number of carbonyl (C=O) groups excluding carboxylic acids is 3. The zero-order valence-electron chi connectivity index (χ0n) is 19.6. The van der Waals surface area contributed by atoms with Gasteiger partial charge in [-0.1, -0.05) is 52.3 Å². The van der Waals surface area contributed by atoms with Crippen LogP contribution in [0, 0.1) is 0 Å². The molecule has 0 atom stereocenters. The van der Waals surface area contributed by atoms with E-state index in [1.165, 1.54) is 11.0 Å². The zero-order valence-corrected chi connectivity index (χ0v) is 21.2. The van der Waals surface area contributed by atoms with E-state index >= 15 is 0 Å². The Labute approximate surface area is 217 Å². The van der Waals surface area contributed by atoms with Crippen molar-refractivity contribution < 1.29 is 28.6 Å². The maximum atomic E-state index is 12.5. The van der Waals surface area contributed by atoms with Crippen molar-refractivity contribution in [1.29, 1.82) is 0 Å². The predicted molar refractivity (Wildman–Crippen MR) is 138 cm³/mol. The first-order chi connectivity index (χ1) is 17.5. The number of carbonyl (C=O) groups is 3. The summed E-state index contributed by atoms with van der Waals surface area (Å²) < 4.78 is 17.2. The van der Waals surface area contributed by atoms with Gasteiger partial charge in [0.15, 0.2) is 11.5 Å². The average molecular weight is 550 g/mol. The van der Waals surface area contributed by atoms with Gasteiger partial charge in [0.05, 0.1) is 24.8 Å². The molecule has 184 valence electrons. The first-order valence-corrected chi connectivity index (χ1v) is 12.1. The molecule has 0 aliphatic carbocycles. The van der Waals surface area contributed by atoms with Crippen LogP contribution >= 0.6 is 15.9 Å². The third-order valence-corrected chi connectivity index (χ3v) is 6.03. The molecule has 1 aliphatic heterocycles. The molecule has 0 spiro atoms. The molecule has 4 rings (SSSR count). The Morgan fingerprint density at radius 3 is 2.50 bits per heavy atom. The number of nitrogens with zero attached hydrogens (tertiary/aromatic N) is 1. The second-order valence-corrected chi connectivity index (χ2v) is 8.91. The molecule has 0 bridgehead atoms. The van der Waals surface area contributed by atoms with Gasteiger partial charge in [-0.05, 0) is 54.0 Å². The number of rotatable bonds is 10. The standard InChI is InChI=1S/C28H24BrNO6/c1-34-25-16-19(8-12-24(25)36-18-20-6-3-2-4-7-20)9-13-26(31)35-15-5-14-30-27(32)22-11-10-21(29)17-23(22)28(30)33/h2-4,6-13,16-17H,5,14-15,18H2,1H3/b13-9+. The Kier molecular flexibility index (Phi) is 8.17. The van der Waals surface area contributed by atoms with Gasteiger partial charge in [-0.2, -0.15) is 0 Å². The summed E-state index contributed by atoms with van der Waals surface area (Å²) in [4.78, 5) is 38.2. The van der Waals surface area contributed by atoms with Crippen molar-refractivity contribution in [2.75, 3.05) is 20.3 Å². The zero-order chi connectivity index (χ0) is 25.5. The fourth-order valence-electron chi connectivity index (χ4n) is 3.72. The van der Waals surface area contributed by atoms with Gasteiger partial charge in [-0.15, -0.1) is 0 Å². The van der Waals surface area contributed by atoms with Gasteiger partial charge in [0, 0.05) is 17.1 Å². The van der Waals surface area contributed by atoms with E-state index < -0.39 is 5.97 Å². The summed E-state index contributed by atoms with van der Waals surface area (Å²) in [6.45, 7) is 0.662. The Hall–Kier alpha value is -3.91. The van der Waals surface area contributed by atoms with Crippen molar-refractivity contribution in [3.05, 3.63) is 99.5 Å². The van der Waals surface area contributed by atoms with E-state index in [0.29, 0.717) is 35.7 Å². The van der Waals surface area contributed by atoms with E-state index in [9.17, 15) is 14.4 Å². The van der Waals surface area contributed by atoms with Crippen molar-refractivity contribution in [2.45, 2.75) is 13.0 Å². The molecule has 7 nitrogen and oxygen atoms in total. The number of benzene rings is 3. The molecular weight excluding hydrogens is 526 g/mol. The second-order valence-electron chi connectivity index (χ2n) is 7.99. The molecule has 0 N–H and O–H groups in total. The van der Waals surface area contributed by atoms with Gasteiger partial charge in [-0.25, -0.2) is 4.79 Å². The number of hydrogen-bond acceptors (Lipinski definition) is 6. The summed E-state index contributed by atoms with van der Waals surface area (Å²) in [5.74, 6) is -0.0489. The molecule has 0 unspecified atom stereocenters. The number of halogens is 1. The van der Waals surface area contributed by atoms with Crippen LogP contribution in [-0.4, -0.2) is 42.9 Å². The van der Waals surface area contributed by atoms with E-state index in [0.717, 1.165) is 15.6 Å². The lowest BCUT2D eigenvalue weighted by Crippen LogP contribution is -2.31. The van der Waals surface area contributed by atoms with Crippen molar-refractivity contribution in [3.63, 3.8) is 0 Å². The number of amides is 2. The molecule has 2 amide bonds. The van der Waals surface area contributed by atoms with Crippen molar-refractivity contribution in [1.82, 2.24) is 4.90 Å². The Morgan fingerprint density at radius 2 is 1.72 bits per heavy atom. The van der Waals surface area contributed by atoms with Gasteiger partial charge in [-0.3, -0.25) is 14.5 Å². The van der Waals surface area contributed by atoms with Gasteiger partial charge in [0.1, 0.15) is 6.61 Å². The van der Waals surface area contributed by atoms with Crippen LogP contribution < -0.4 is 9.47 Å². The Bertz CT molecular complexity index is 1300. The van der Waals surface area contributed by atoms with E-state index in [4.69, 9.17) is 14.2 Å². The van der Waals surface area contributed by atoms with Crippen LogP contribution in [0.4, 0.5) is 0 Å². The lowest BCUT2D eigenvalue weighted by molar-refractivity contribution is -0.137. The highest BCUT2D eigenvalue weighted by Gasteiger charge is 2.35. The van der Waals surface area contributed by atoms with Crippen LogP contribution in [0.2, 0.25) is 0 Å². The van der Waals surface area contributed by atoms with Crippen molar-refractivity contribution >= 4 is 39.8 Å². The molecule has 0 aromatic heterocycles. The molecule has 0 saturated carbocycles. The van der Waals surface area contributed by atoms with E-state index in [1.54, 1.807) is 43.5 Å². The first kappa shape index (κ1) is 25.2. The molecule has 0 fully saturated rings. The van der Waals surface area contributed by atoms with Crippen LogP contribution in [0.25, 0.3) is 6.08 Å². The molecule has 36 heavy (non-hydrogen) atoms. The molecule has 1 aliphatic rings. The molecule has 8 heteroatoms. The lowest BCUT2D eigenvalue weighted by Gasteiger charge is -2.13. The summed E-state index contributed by atoms with van der Waals surface area (Å²) in [5.41, 5.74) is 2.55. The highest BCUT2D eigenvalue weighted by Crippen LogP contribution is 2.29. The number of methoxy groups -OCH3 is 1. The molecule has 1 heterocycles. The van der Waals surface area contributed by atoms with Gasteiger partial charge >= 0.3 is 5.97 Å². The van der Waals surface area contributed by atoms with Crippen LogP contribution in [0.5, 0.6) is 11.5 Å². The van der Waals surface area contributed by atoms with Gasteiger partial charge in [0.2, 0.25) is 0 Å². The number of hydrogen-bond donors (Lipinski definition) is 0. The topological polar surface area (TPSA) is 82.1 Å². The Balaban J connectivity index is 1.24. The highest BCUT2D eigenvalue weighted by atomic mass is 79.9. The summed E-state index contributed by atoms with van der Waals surface area (Å²) in [5, 5.41) is 0. The molecule has 3 aromatic carbocycles. The summed E-state index contributed by atoms with van der Waals surface area (Å²) in [6.07, 6.45) is 3.28. The smallest absolute Gasteiger partial charge is 0.330 e. The van der Waals surface area contributed by atoms with Crippen LogP contribution in [0.1, 0.15) is 38.3 Å². The predicted octanol–water partition coefficient (Wildman–Crippen LogP) is 5.28.